The molecule has 2 atom stereocenters. The molecule has 5 rings (SSSR count). The third kappa shape index (κ3) is 5.93. The number of hydrogen-bond donors (Lipinski definition) is 2. The lowest BCUT2D eigenvalue weighted by atomic mass is 9.74. The van der Waals surface area contributed by atoms with Gasteiger partial charge in [0.2, 0.25) is 11.8 Å². The molecule has 15 heteroatoms. The first-order valence-corrected chi connectivity index (χ1v) is 14.1. The molecular formula is C28H33F4N7O4. The van der Waals surface area contributed by atoms with Gasteiger partial charge in [-0.2, -0.15) is 10.2 Å². The quantitative estimate of drug-likeness (QED) is 0.228. The van der Waals surface area contributed by atoms with Crippen molar-refractivity contribution in [3.05, 3.63) is 47.2 Å². The number of halogens is 4. The van der Waals surface area contributed by atoms with Crippen molar-refractivity contribution in [2.75, 3.05) is 13.7 Å². The number of esters is 1. The van der Waals surface area contributed by atoms with E-state index in [1.165, 1.54) is 21.6 Å². The van der Waals surface area contributed by atoms with Crippen LogP contribution in [0.4, 0.5) is 17.6 Å². The second-order valence-corrected chi connectivity index (χ2v) is 11.4. The second kappa shape index (κ2) is 11.2. The minimum absolute atomic E-state index is 0.154. The molecular weight excluding hydrogens is 574 g/mol. The number of alkyl halides is 4. The maximum atomic E-state index is 14.5. The molecule has 0 spiro atoms. The van der Waals surface area contributed by atoms with Crippen LogP contribution >= 0.6 is 0 Å². The predicted octanol–water partition coefficient (Wildman–Crippen LogP) is 3.41. The van der Waals surface area contributed by atoms with Gasteiger partial charge in [0.1, 0.15) is 5.69 Å². The number of imidazole rings is 1. The number of fused-ring (bicyclic) bond motifs is 1. The molecule has 2 N–H and O–H groups in total. The summed E-state index contributed by atoms with van der Waals surface area (Å²) in [5.74, 6) is -8.87. The molecule has 1 saturated carbocycles. The van der Waals surface area contributed by atoms with Gasteiger partial charge < -0.3 is 15.4 Å². The van der Waals surface area contributed by atoms with E-state index >= 15 is 0 Å². The average Bonchev–Trinajstić information content (AvgIpc) is 3.60. The van der Waals surface area contributed by atoms with Crippen molar-refractivity contribution in [1.29, 1.82) is 0 Å². The molecule has 11 nitrogen and oxygen atoms in total. The highest BCUT2D eigenvalue weighted by molar-refractivity contribution is 6.03. The zero-order chi connectivity index (χ0) is 31.2. The zero-order valence-corrected chi connectivity index (χ0v) is 24.0. The topological polar surface area (TPSA) is 133 Å². The Hall–Kier alpha value is -4.04. The first-order valence-electron chi connectivity index (χ1n) is 14.1. The highest BCUT2D eigenvalue weighted by Gasteiger charge is 2.57. The Morgan fingerprint density at radius 2 is 1.93 bits per heavy atom. The lowest BCUT2D eigenvalue weighted by Gasteiger charge is -2.37. The van der Waals surface area contributed by atoms with Crippen molar-refractivity contribution in [2.45, 2.75) is 76.8 Å². The van der Waals surface area contributed by atoms with Gasteiger partial charge >= 0.3 is 5.97 Å². The van der Waals surface area contributed by atoms with Crippen LogP contribution < -0.4 is 10.6 Å². The van der Waals surface area contributed by atoms with Gasteiger partial charge in [0.25, 0.3) is 11.8 Å². The van der Waals surface area contributed by atoms with E-state index in [0.717, 1.165) is 7.11 Å². The van der Waals surface area contributed by atoms with Gasteiger partial charge in [-0.15, -0.1) is 0 Å². The summed E-state index contributed by atoms with van der Waals surface area (Å²) in [5, 5.41) is 13.7. The van der Waals surface area contributed by atoms with E-state index in [9.17, 15) is 31.9 Å². The van der Waals surface area contributed by atoms with Crippen LogP contribution in [0.2, 0.25) is 0 Å². The Bertz CT molecular complexity index is 1530. The molecule has 3 aromatic rings. The molecule has 2 amide bonds. The number of ether oxygens (including phenoxy) is 1. The smallest absolute Gasteiger partial charge is 0.322 e. The van der Waals surface area contributed by atoms with Gasteiger partial charge in [0.05, 0.1) is 37.3 Å². The van der Waals surface area contributed by atoms with Crippen molar-refractivity contribution in [3.8, 4) is 0 Å². The number of amides is 2. The second-order valence-electron chi connectivity index (χ2n) is 11.4. The number of piperidine rings is 1. The van der Waals surface area contributed by atoms with Crippen LogP contribution in [0.15, 0.2) is 24.5 Å². The van der Waals surface area contributed by atoms with Crippen LogP contribution in [0.5, 0.6) is 0 Å². The summed E-state index contributed by atoms with van der Waals surface area (Å²) in [4.78, 5) is 43.5. The fourth-order valence-electron chi connectivity index (χ4n) is 6.04. The Morgan fingerprint density at radius 3 is 2.60 bits per heavy atom. The number of carbonyl (C=O) groups is 3. The number of carbonyl (C=O) groups excluding carboxylic acids is 3. The SMILES string of the molecule is CCn1nccc1C(=O)NC(c1cn2nc(CC3(C(=O)OC)CC(F)(F)CNC3=O)c(C)cc2n1)C1CCC(F)(F)CC1. The highest BCUT2D eigenvalue weighted by Crippen LogP contribution is 2.42. The summed E-state index contributed by atoms with van der Waals surface area (Å²) in [7, 11) is 1.03. The Kier molecular flexibility index (Phi) is 7.94. The first kappa shape index (κ1) is 30.4. The van der Waals surface area contributed by atoms with E-state index in [1.54, 1.807) is 19.1 Å². The monoisotopic (exact) mass is 607 g/mol. The lowest BCUT2D eigenvalue weighted by Crippen LogP contribution is -2.59. The molecule has 2 aliphatic rings. The van der Waals surface area contributed by atoms with E-state index < -0.39 is 60.5 Å². The minimum Gasteiger partial charge on any atom is -0.468 e. The molecule has 1 aliphatic heterocycles. The van der Waals surface area contributed by atoms with Gasteiger partial charge in [-0.05, 0) is 50.3 Å². The molecule has 1 aliphatic carbocycles. The molecule has 0 bridgehead atoms. The summed E-state index contributed by atoms with van der Waals surface area (Å²) < 4.78 is 64.6. The van der Waals surface area contributed by atoms with Crippen LogP contribution in [0, 0.1) is 18.3 Å². The van der Waals surface area contributed by atoms with E-state index in [1.807, 2.05) is 6.92 Å². The Morgan fingerprint density at radius 1 is 1.21 bits per heavy atom. The van der Waals surface area contributed by atoms with Crippen LogP contribution in [0.1, 0.15) is 72.5 Å². The largest absolute Gasteiger partial charge is 0.468 e. The van der Waals surface area contributed by atoms with Crippen LogP contribution in [-0.4, -0.2) is 67.7 Å². The third-order valence-electron chi connectivity index (χ3n) is 8.40. The van der Waals surface area contributed by atoms with Crippen LogP contribution in [0.3, 0.4) is 0 Å². The lowest BCUT2D eigenvalue weighted by molar-refractivity contribution is -0.172. The van der Waals surface area contributed by atoms with Gasteiger partial charge in [0.15, 0.2) is 11.1 Å². The standard InChI is InChI=1S/C28H33F4N7O4/c1-4-38-20(7-10-34-38)23(40)36-22(17-5-8-27(29,30)9-6-17)19-13-39-21(35-19)11-16(2)18(37-39)12-26(25(42)43-3)14-28(31,32)15-33-24(26)41/h7,10-11,13,17,22H,4-6,8-9,12,14-15H2,1-3H3,(H,33,41)(H,36,40). The number of aryl methyl sites for hydroxylation is 2. The summed E-state index contributed by atoms with van der Waals surface area (Å²) in [5.41, 5.74) is -0.485. The van der Waals surface area contributed by atoms with Crippen molar-refractivity contribution in [1.82, 2.24) is 35.0 Å². The molecule has 43 heavy (non-hydrogen) atoms. The summed E-state index contributed by atoms with van der Waals surface area (Å²) in [6.07, 6.45) is 1.20. The van der Waals surface area contributed by atoms with Crippen LogP contribution in [-0.2, 0) is 27.3 Å². The number of hydrogen-bond acceptors (Lipinski definition) is 7. The molecule has 3 aromatic heterocycles. The van der Waals surface area contributed by atoms with E-state index in [0.29, 0.717) is 29.1 Å². The third-order valence-corrected chi connectivity index (χ3v) is 8.40. The van der Waals surface area contributed by atoms with Crippen molar-refractivity contribution < 1.29 is 36.7 Å². The van der Waals surface area contributed by atoms with Gasteiger partial charge in [-0.1, -0.05) is 0 Å². The van der Waals surface area contributed by atoms with E-state index in [-0.39, 0.29) is 37.3 Å². The maximum absolute atomic E-state index is 14.5. The zero-order valence-electron chi connectivity index (χ0n) is 24.0. The number of rotatable bonds is 8. The summed E-state index contributed by atoms with van der Waals surface area (Å²) in [6, 6.07) is 2.45. The van der Waals surface area contributed by atoms with Gasteiger partial charge in [0, 0.05) is 38.4 Å². The molecule has 1 saturated heterocycles. The maximum Gasteiger partial charge on any atom is 0.322 e. The molecule has 0 radical (unpaired) electrons. The number of aromatic nitrogens is 5. The highest BCUT2D eigenvalue weighted by atomic mass is 19.3. The number of nitrogens with zero attached hydrogens (tertiary/aromatic N) is 5. The summed E-state index contributed by atoms with van der Waals surface area (Å²) >= 11 is 0. The fourth-order valence-corrected chi connectivity index (χ4v) is 6.04. The Labute approximate surface area is 244 Å². The molecule has 2 fully saturated rings. The van der Waals surface area contributed by atoms with Gasteiger partial charge in [-0.3, -0.25) is 19.1 Å². The summed E-state index contributed by atoms with van der Waals surface area (Å²) in [6.45, 7) is 3.04. The van der Waals surface area contributed by atoms with E-state index in [2.05, 4.69) is 25.8 Å². The number of nitrogens with one attached hydrogen (secondary N) is 2. The molecule has 232 valence electrons. The van der Waals surface area contributed by atoms with Crippen molar-refractivity contribution >= 4 is 23.4 Å². The molecule has 4 heterocycles. The van der Waals surface area contributed by atoms with E-state index in [4.69, 9.17) is 4.74 Å². The minimum atomic E-state index is -3.34. The predicted molar refractivity (Wildman–Crippen MR) is 143 cm³/mol. The first-order chi connectivity index (χ1) is 20.3. The normalized spacial score (nSPS) is 22.6. The van der Waals surface area contributed by atoms with Crippen molar-refractivity contribution in [2.24, 2.45) is 11.3 Å². The fraction of sp³-hybridized carbons (Fsp3) is 0.571. The number of methoxy groups -OCH3 is 1. The Balaban J connectivity index is 1.50. The average molecular weight is 608 g/mol. The molecule has 0 aromatic carbocycles. The van der Waals surface area contributed by atoms with Crippen LogP contribution in [0.25, 0.3) is 5.65 Å². The molecule has 2 unspecified atom stereocenters. The van der Waals surface area contributed by atoms with Crippen molar-refractivity contribution in [3.63, 3.8) is 0 Å². The van der Waals surface area contributed by atoms with Gasteiger partial charge in [-0.25, -0.2) is 27.1 Å².